The second-order valence-corrected chi connectivity index (χ2v) is 4.31. The van der Waals surface area contributed by atoms with E-state index in [4.69, 9.17) is 10.5 Å². The van der Waals surface area contributed by atoms with Crippen LogP contribution in [0.4, 0.5) is 0 Å². The third kappa shape index (κ3) is 3.56. The van der Waals surface area contributed by atoms with Crippen molar-refractivity contribution in [3.05, 3.63) is 34.4 Å². The van der Waals surface area contributed by atoms with Gasteiger partial charge in [0.1, 0.15) is 0 Å². The van der Waals surface area contributed by atoms with Gasteiger partial charge in [-0.2, -0.15) is 0 Å². The molecule has 0 aromatic heterocycles. The van der Waals surface area contributed by atoms with Crippen LogP contribution in [0.3, 0.4) is 0 Å². The summed E-state index contributed by atoms with van der Waals surface area (Å²) < 4.78 is 4.75. The van der Waals surface area contributed by atoms with Crippen LogP contribution in [-0.2, 0) is 11.2 Å². The molecule has 0 spiro atoms. The Bertz CT molecular complexity index is 399. The van der Waals surface area contributed by atoms with Gasteiger partial charge in [-0.1, -0.05) is 0 Å². The summed E-state index contributed by atoms with van der Waals surface area (Å²) >= 11 is 0. The van der Waals surface area contributed by atoms with E-state index in [1.807, 2.05) is 19.1 Å². The van der Waals surface area contributed by atoms with E-state index in [9.17, 15) is 4.79 Å². The van der Waals surface area contributed by atoms with Gasteiger partial charge in [-0.25, -0.2) is 4.79 Å². The predicted octanol–water partition coefficient (Wildman–Crippen LogP) is 2.37. The number of esters is 1. The fraction of sp³-hybridized carbons (Fsp3) is 0.500. The number of unbranched alkanes of at least 4 members (excludes halogenated alkanes) is 1. The lowest BCUT2D eigenvalue weighted by Gasteiger charge is -2.11. The number of carbonyl (C=O) groups excluding carboxylic acids is 1. The molecule has 0 radical (unpaired) electrons. The average Bonchev–Trinajstić information content (AvgIpc) is 2.33. The SMILES string of the molecule is COC(=O)c1cc(C)c(C)c(CCCCN)c1. The first kappa shape index (κ1) is 13.7. The highest BCUT2D eigenvalue weighted by atomic mass is 16.5. The van der Waals surface area contributed by atoms with Gasteiger partial charge < -0.3 is 10.5 Å². The Labute approximate surface area is 103 Å². The number of rotatable bonds is 5. The van der Waals surface area contributed by atoms with Crippen LogP contribution in [0.25, 0.3) is 0 Å². The van der Waals surface area contributed by atoms with Crippen LogP contribution in [0.15, 0.2) is 12.1 Å². The normalized spacial score (nSPS) is 10.4. The molecule has 0 bridgehead atoms. The number of nitrogens with two attached hydrogens (primary N) is 1. The number of aryl methyl sites for hydroxylation is 2. The van der Waals surface area contributed by atoms with Crippen LogP contribution in [0.2, 0.25) is 0 Å². The van der Waals surface area contributed by atoms with E-state index >= 15 is 0 Å². The molecule has 0 saturated carbocycles. The van der Waals surface area contributed by atoms with Gasteiger partial charge in [0.2, 0.25) is 0 Å². The molecule has 1 aromatic carbocycles. The maximum Gasteiger partial charge on any atom is 0.337 e. The summed E-state index contributed by atoms with van der Waals surface area (Å²) in [6.45, 7) is 4.83. The van der Waals surface area contributed by atoms with Crippen molar-refractivity contribution in [1.82, 2.24) is 0 Å². The summed E-state index contributed by atoms with van der Waals surface area (Å²) in [4.78, 5) is 11.5. The number of hydrogen-bond donors (Lipinski definition) is 1. The zero-order chi connectivity index (χ0) is 12.8. The Morgan fingerprint density at radius 3 is 2.59 bits per heavy atom. The van der Waals surface area contributed by atoms with Crippen molar-refractivity contribution in [3.63, 3.8) is 0 Å². The molecule has 2 N–H and O–H groups in total. The smallest absolute Gasteiger partial charge is 0.337 e. The van der Waals surface area contributed by atoms with Crippen molar-refractivity contribution >= 4 is 5.97 Å². The van der Waals surface area contributed by atoms with Crippen LogP contribution < -0.4 is 5.73 Å². The van der Waals surface area contributed by atoms with Crippen molar-refractivity contribution in [2.75, 3.05) is 13.7 Å². The van der Waals surface area contributed by atoms with E-state index in [-0.39, 0.29) is 5.97 Å². The molecule has 3 nitrogen and oxygen atoms in total. The van der Waals surface area contributed by atoms with Crippen molar-refractivity contribution in [2.45, 2.75) is 33.1 Å². The minimum atomic E-state index is -0.270. The first-order valence-corrected chi connectivity index (χ1v) is 5.98. The van der Waals surface area contributed by atoms with Crippen LogP contribution in [0, 0.1) is 13.8 Å². The predicted molar refractivity (Wildman–Crippen MR) is 69.2 cm³/mol. The second kappa shape index (κ2) is 6.40. The molecule has 0 aliphatic rings. The van der Waals surface area contributed by atoms with Crippen molar-refractivity contribution < 1.29 is 9.53 Å². The summed E-state index contributed by atoms with van der Waals surface area (Å²) in [6.07, 6.45) is 3.04. The Hall–Kier alpha value is -1.35. The number of hydrogen-bond acceptors (Lipinski definition) is 3. The topological polar surface area (TPSA) is 52.3 Å². The average molecular weight is 235 g/mol. The van der Waals surface area contributed by atoms with Gasteiger partial charge in [0.05, 0.1) is 12.7 Å². The molecule has 0 atom stereocenters. The standard InChI is InChI=1S/C14H21NO2/c1-10-8-13(14(16)17-3)9-12(11(10)2)6-4-5-7-15/h8-9H,4-7,15H2,1-3H3. The van der Waals surface area contributed by atoms with Crippen LogP contribution in [0.5, 0.6) is 0 Å². The van der Waals surface area contributed by atoms with Gasteiger partial charge in [-0.3, -0.25) is 0 Å². The van der Waals surface area contributed by atoms with Crippen LogP contribution >= 0.6 is 0 Å². The maximum atomic E-state index is 11.5. The highest BCUT2D eigenvalue weighted by Gasteiger charge is 2.10. The maximum absolute atomic E-state index is 11.5. The second-order valence-electron chi connectivity index (χ2n) is 4.31. The van der Waals surface area contributed by atoms with Gasteiger partial charge in [0.15, 0.2) is 0 Å². The summed E-state index contributed by atoms with van der Waals surface area (Å²) in [6, 6.07) is 3.82. The lowest BCUT2D eigenvalue weighted by molar-refractivity contribution is 0.0600. The molecule has 0 aliphatic heterocycles. The summed E-state index contributed by atoms with van der Waals surface area (Å²) in [5.74, 6) is -0.270. The quantitative estimate of drug-likeness (QED) is 0.629. The lowest BCUT2D eigenvalue weighted by atomic mass is 9.96. The molecule has 0 saturated heterocycles. The van der Waals surface area contributed by atoms with E-state index in [0.29, 0.717) is 12.1 Å². The van der Waals surface area contributed by atoms with Gasteiger partial charge in [0, 0.05) is 0 Å². The molecular formula is C14H21NO2. The first-order valence-electron chi connectivity index (χ1n) is 5.98. The van der Waals surface area contributed by atoms with Gasteiger partial charge in [0.25, 0.3) is 0 Å². The lowest BCUT2D eigenvalue weighted by Crippen LogP contribution is -2.05. The first-order chi connectivity index (χ1) is 8.10. The van der Waals surface area contributed by atoms with Gasteiger partial charge >= 0.3 is 5.97 Å². The molecule has 1 rings (SSSR count). The minimum Gasteiger partial charge on any atom is -0.465 e. The Morgan fingerprint density at radius 1 is 1.29 bits per heavy atom. The number of benzene rings is 1. The zero-order valence-corrected chi connectivity index (χ0v) is 10.9. The molecule has 3 heteroatoms. The minimum absolute atomic E-state index is 0.270. The number of methoxy groups -OCH3 is 1. The molecule has 0 heterocycles. The Morgan fingerprint density at radius 2 is 2.00 bits per heavy atom. The van der Waals surface area contributed by atoms with E-state index in [0.717, 1.165) is 24.8 Å². The molecule has 17 heavy (non-hydrogen) atoms. The summed E-state index contributed by atoms with van der Waals surface area (Å²) in [7, 11) is 1.41. The van der Waals surface area contributed by atoms with E-state index in [2.05, 4.69) is 6.92 Å². The van der Waals surface area contributed by atoms with E-state index in [1.165, 1.54) is 18.2 Å². The molecule has 94 valence electrons. The summed E-state index contributed by atoms with van der Waals surface area (Å²) in [5.41, 5.74) is 9.74. The summed E-state index contributed by atoms with van der Waals surface area (Å²) in [5, 5.41) is 0. The fourth-order valence-electron chi connectivity index (χ4n) is 1.89. The van der Waals surface area contributed by atoms with Gasteiger partial charge in [-0.05, 0) is 68.5 Å². The highest BCUT2D eigenvalue weighted by molar-refractivity contribution is 5.90. The number of carbonyl (C=O) groups is 1. The molecule has 1 aromatic rings. The van der Waals surface area contributed by atoms with Crippen LogP contribution in [-0.4, -0.2) is 19.6 Å². The Balaban J connectivity index is 2.94. The molecule has 0 fully saturated rings. The largest absolute Gasteiger partial charge is 0.465 e. The zero-order valence-electron chi connectivity index (χ0n) is 10.9. The van der Waals surface area contributed by atoms with Crippen molar-refractivity contribution in [3.8, 4) is 0 Å². The molecule has 0 aliphatic carbocycles. The third-order valence-corrected chi connectivity index (χ3v) is 3.10. The molecular weight excluding hydrogens is 214 g/mol. The van der Waals surface area contributed by atoms with E-state index in [1.54, 1.807) is 0 Å². The van der Waals surface area contributed by atoms with Gasteiger partial charge in [-0.15, -0.1) is 0 Å². The van der Waals surface area contributed by atoms with Crippen molar-refractivity contribution in [1.29, 1.82) is 0 Å². The monoisotopic (exact) mass is 235 g/mol. The van der Waals surface area contributed by atoms with Crippen LogP contribution in [0.1, 0.15) is 39.9 Å². The van der Waals surface area contributed by atoms with E-state index < -0.39 is 0 Å². The highest BCUT2D eigenvalue weighted by Crippen LogP contribution is 2.19. The Kier molecular flexibility index (Phi) is 5.16. The number of ether oxygens (including phenoxy) is 1. The van der Waals surface area contributed by atoms with Crippen molar-refractivity contribution in [2.24, 2.45) is 5.73 Å². The molecule has 0 amide bonds. The third-order valence-electron chi connectivity index (χ3n) is 3.10. The molecule has 0 unspecified atom stereocenters. The fourth-order valence-corrected chi connectivity index (χ4v) is 1.89.